The molecule has 0 radical (unpaired) electrons. The number of hydrogen-bond acceptors (Lipinski definition) is 2. The summed E-state index contributed by atoms with van der Waals surface area (Å²) in [6.45, 7) is 4.68. The summed E-state index contributed by atoms with van der Waals surface area (Å²) in [5, 5.41) is 3.66. The number of benzene rings is 1. The van der Waals surface area contributed by atoms with Crippen molar-refractivity contribution >= 4 is 5.69 Å². The van der Waals surface area contributed by atoms with Crippen molar-refractivity contribution in [1.82, 2.24) is 4.90 Å². The number of nitrogens with zero attached hydrogens (tertiary/aromatic N) is 1. The van der Waals surface area contributed by atoms with Crippen molar-refractivity contribution in [3.8, 4) is 0 Å². The first-order chi connectivity index (χ1) is 8.78. The molecule has 0 saturated carbocycles. The van der Waals surface area contributed by atoms with E-state index in [0.717, 1.165) is 0 Å². The molecule has 1 aliphatic heterocycles. The molecule has 1 fully saturated rings. The highest BCUT2D eigenvalue weighted by atomic mass is 15.1. The predicted octanol–water partition coefficient (Wildman–Crippen LogP) is 3.54. The largest absolute Gasteiger partial charge is 0.382 e. The Balaban J connectivity index is 1.82. The van der Waals surface area contributed by atoms with Gasteiger partial charge in [0.1, 0.15) is 0 Å². The zero-order valence-electron chi connectivity index (χ0n) is 11.8. The van der Waals surface area contributed by atoms with E-state index in [1.54, 1.807) is 0 Å². The zero-order valence-corrected chi connectivity index (χ0v) is 11.8. The van der Waals surface area contributed by atoms with Gasteiger partial charge in [-0.3, -0.25) is 0 Å². The number of aryl methyl sites for hydroxylation is 1. The molecule has 0 amide bonds. The number of nitrogens with one attached hydrogen (secondary N) is 1. The molecule has 2 nitrogen and oxygen atoms in total. The highest BCUT2D eigenvalue weighted by Crippen LogP contribution is 2.17. The Morgan fingerprint density at radius 1 is 1.17 bits per heavy atom. The van der Waals surface area contributed by atoms with Crippen molar-refractivity contribution in [3.63, 3.8) is 0 Å². The molecule has 1 heterocycles. The summed E-state index contributed by atoms with van der Waals surface area (Å²) in [7, 11) is 2.21. The van der Waals surface area contributed by atoms with Crippen LogP contribution in [0.4, 0.5) is 5.69 Å². The second-order valence-electron chi connectivity index (χ2n) is 5.52. The fourth-order valence-electron chi connectivity index (χ4n) is 2.54. The Bertz CT molecular complexity index is 337. The molecule has 0 bridgehead atoms. The average molecular weight is 246 g/mol. The van der Waals surface area contributed by atoms with Gasteiger partial charge in [-0.1, -0.05) is 25.5 Å². The van der Waals surface area contributed by atoms with E-state index in [0.29, 0.717) is 6.04 Å². The van der Waals surface area contributed by atoms with E-state index in [1.807, 2.05) is 0 Å². The van der Waals surface area contributed by atoms with Gasteiger partial charge in [-0.05, 0) is 63.5 Å². The van der Waals surface area contributed by atoms with Gasteiger partial charge in [0.2, 0.25) is 0 Å². The minimum atomic E-state index is 0.655. The fourth-order valence-corrected chi connectivity index (χ4v) is 2.54. The molecular formula is C16H26N2. The van der Waals surface area contributed by atoms with E-state index in [4.69, 9.17) is 0 Å². The first-order valence-corrected chi connectivity index (χ1v) is 7.32. The van der Waals surface area contributed by atoms with Crippen LogP contribution >= 0.6 is 0 Å². The molecule has 0 unspecified atom stereocenters. The number of unbranched alkanes of at least 4 members (excludes halogenated alkanes) is 1. The van der Waals surface area contributed by atoms with E-state index in [-0.39, 0.29) is 0 Å². The van der Waals surface area contributed by atoms with E-state index in [9.17, 15) is 0 Å². The summed E-state index contributed by atoms with van der Waals surface area (Å²) in [6, 6.07) is 9.68. The Labute approximate surface area is 111 Å². The lowest BCUT2D eigenvalue weighted by molar-refractivity contribution is 0.264. The lowest BCUT2D eigenvalue weighted by Gasteiger charge is -2.30. The summed E-state index contributed by atoms with van der Waals surface area (Å²) in [6.07, 6.45) is 6.30. The average Bonchev–Trinajstić information content (AvgIpc) is 2.41. The third-order valence-electron chi connectivity index (χ3n) is 3.86. The number of anilines is 1. The van der Waals surface area contributed by atoms with Crippen molar-refractivity contribution in [3.05, 3.63) is 29.8 Å². The Morgan fingerprint density at radius 3 is 2.44 bits per heavy atom. The molecular weight excluding hydrogens is 220 g/mol. The maximum Gasteiger partial charge on any atom is 0.0342 e. The molecule has 1 N–H and O–H groups in total. The van der Waals surface area contributed by atoms with Crippen molar-refractivity contribution in [2.75, 3.05) is 25.5 Å². The van der Waals surface area contributed by atoms with Gasteiger partial charge >= 0.3 is 0 Å². The molecule has 100 valence electrons. The smallest absolute Gasteiger partial charge is 0.0342 e. The molecule has 0 atom stereocenters. The van der Waals surface area contributed by atoms with Crippen LogP contribution in [-0.2, 0) is 6.42 Å². The molecule has 18 heavy (non-hydrogen) atoms. The van der Waals surface area contributed by atoms with Gasteiger partial charge in [0.25, 0.3) is 0 Å². The molecule has 1 aliphatic rings. The maximum atomic E-state index is 3.66. The molecule has 2 heteroatoms. The number of hydrogen-bond donors (Lipinski definition) is 1. The van der Waals surface area contributed by atoms with Crippen LogP contribution in [0.1, 0.15) is 38.2 Å². The molecule has 0 aliphatic carbocycles. The topological polar surface area (TPSA) is 15.3 Å². The highest BCUT2D eigenvalue weighted by Gasteiger charge is 2.15. The van der Waals surface area contributed by atoms with E-state index < -0.39 is 0 Å². The molecule has 1 aromatic rings. The Kier molecular flexibility index (Phi) is 5.06. The summed E-state index contributed by atoms with van der Waals surface area (Å²) in [5.74, 6) is 0. The van der Waals surface area contributed by atoms with Gasteiger partial charge in [-0.25, -0.2) is 0 Å². The third kappa shape index (κ3) is 4.02. The van der Waals surface area contributed by atoms with Crippen molar-refractivity contribution < 1.29 is 0 Å². The van der Waals surface area contributed by atoms with Crippen molar-refractivity contribution in [2.24, 2.45) is 0 Å². The predicted molar refractivity (Wildman–Crippen MR) is 79.2 cm³/mol. The van der Waals surface area contributed by atoms with Crippen LogP contribution < -0.4 is 5.32 Å². The minimum Gasteiger partial charge on any atom is -0.382 e. The first-order valence-electron chi connectivity index (χ1n) is 7.32. The van der Waals surface area contributed by atoms with Gasteiger partial charge in [0.05, 0.1) is 0 Å². The summed E-state index contributed by atoms with van der Waals surface area (Å²) < 4.78 is 0. The highest BCUT2D eigenvalue weighted by molar-refractivity contribution is 5.45. The van der Waals surface area contributed by atoms with Gasteiger partial charge in [0, 0.05) is 11.7 Å². The zero-order chi connectivity index (χ0) is 12.8. The van der Waals surface area contributed by atoms with E-state index in [2.05, 4.69) is 48.5 Å². The molecule has 0 spiro atoms. The van der Waals surface area contributed by atoms with Gasteiger partial charge < -0.3 is 10.2 Å². The lowest BCUT2D eigenvalue weighted by Crippen LogP contribution is -2.36. The Hall–Kier alpha value is -1.02. The minimum absolute atomic E-state index is 0.655. The van der Waals surface area contributed by atoms with Crippen LogP contribution in [0.3, 0.4) is 0 Å². The second-order valence-corrected chi connectivity index (χ2v) is 5.52. The summed E-state index contributed by atoms with van der Waals surface area (Å²) in [5.41, 5.74) is 2.75. The van der Waals surface area contributed by atoms with Gasteiger partial charge in [-0.2, -0.15) is 0 Å². The number of piperidine rings is 1. The standard InChI is InChI=1S/C16H26N2/c1-3-4-5-14-6-8-15(9-7-14)17-16-10-12-18(2)13-11-16/h6-9,16-17H,3-5,10-13H2,1-2H3. The summed E-state index contributed by atoms with van der Waals surface area (Å²) in [4.78, 5) is 2.41. The fraction of sp³-hybridized carbons (Fsp3) is 0.625. The first kappa shape index (κ1) is 13.4. The molecule has 0 aromatic heterocycles. The molecule has 1 saturated heterocycles. The quantitative estimate of drug-likeness (QED) is 0.855. The lowest BCUT2D eigenvalue weighted by atomic mass is 10.0. The van der Waals surface area contributed by atoms with Crippen LogP contribution in [-0.4, -0.2) is 31.1 Å². The Morgan fingerprint density at radius 2 is 1.83 bits per heavy atom. The number of likely N-dealkylation sites (tertiary alicyclic amines) is 1. The monoisotopic (exact) mass is 246 g/mol. The molecule has 1 aromatic carbocycles. The van der Waals surface area contributed by atoms with Crippen LogP contribution in [0.5, 0.6) is 0 Å². The SMILES string of the molecule is CCCCc1ccc(NC2CCN(C)CC2)cc1. The molecule has 2 rings (SSSR count). The van der Waals surface area contributed by atoms with Crippen LogP contribution in [0, 0.1) is 0 Å². The normalized spacial score (nSPS) is 17.9. The van der Waals surface area contributed by atoms with Gasteiger partial charge in [0.15, 0.2) is 0 Å². The second kappa shape index (κ2) is 6.79. The number of rotatable bonds is 5. The van der Waals surface area contributed by atoms with Gasteiger partial charge in [-0.15, -0.1) is 0 Å². The van der Waals surface area contributed by atoms with Crippen LogP contribution in [0.25, 0.3) is 0 Å². The van der Waals surface area contributed by atoms with Crippen molar-refractivity contribution in [1.29, 1.82) is 0 Å². The van der Waals surface area contributed by atoms with Crippen LogP contribution in [0.2, 0.25) is 0 Å². The third-order valence-corrected chi connectivity index (χ3v) is 3.86. The van der Waals surface area contributed by atoms with Crippen molar-refractivity contribution in [2.45, 2.75) is 45.1 Å². The van der Waals surface area contributed by atoms with Crippen LogP contribution in [0.15, 0.2) is 24.3 Å². The maximum absolute atomic E-state index is 3.66. The van der Waals surface area contributed by atoms with E-state index in [1.165, 1.54) is 56.4 Å². The van der Waals surface area contributed by atoms with E-state index >= 15 is 0 Å². The summed E-state index contributed by atoms with van der Waals surface area (Å²) >= 11 is 0.